The summed E-state index contributed by atoms with van der Waals surface area (Å²) in [6.45, 7) is 6.70. The van der Waals surface area contributed by atoms with Gasteiger partial charge in [0.05, 0.1) is 12.2 Å². The SMILES string of the molecule is CCCCn1c(N)c(N(C(=O)CN(C)Cc2c(C)noc2C)C2CCCC2)c(=O)[nH]c1=O. The van der Waals surface area contributed by atoms with Gasteiger partial charge >= 0.3 is 5.69 Å². The second-order valence-corrected chi connectivity index (χ2v) is 8.68. The van der Waals surface area contributed by atoms with E-state index in [0.717, 1.165) is 55.5 Å². The van der Waals surface area contributed by atoms with Crippen LogP contribution >= 0.6 is 0 Å². The lowest BCUT2D eigenvalue weighted by atomic mass is 10.1. The van der Waals surface area contributed by atoms with E-state index in [9.17, 15) is 14.4 Å². The van der Waals surface area contributed by atoms with E-state index in [1.165, 1.54) is 9.47 Å². The maximum atomic E-state index is 13.5. The first-order chi connectivity index (χ1) is 15.2. The van der Waals surface area contributed by atoms with Crippen molar-refractivity contribution in [3.05, 3.63) is 37.9 Å². The van der Waals surface area contributed by atoms with E-state index in [1.807, 2.05) is 32.7 Å². The van der Waals surface area contributed by atoms with Crippen LogP contribution in [-0.4, -0.2) is 45.1 Å². The van der Waals surface area contributed by atoms with Gasteiger partial charge in [0.1, 0.15) is 11.6 Å². The fraction of sp³-hybridized carbons (Fsp3) is 0.636. The Bertz CT molecular complexity index is 1040. The van der Waals surface area contributed by atoms with Gasteiger partial charge in [-0.15, -0.1) is 0 Å². The Morgan fingerprint density at radius 2 is 1.97 bits per heavy atom. The van der Waals surface area contributed by atoms with E-state index in [4.69, 9.17) is 10.3 Å². The zero-order valence-electron chi connectivity index (χ0n) is 19.4. The molecule has 0 aliphatic heterocycles. The predicted octanol–water partition coefficient (Wildman–Crippen LogP) is 1.93. The van der Waals surface area contributed by atoms with Crippen LogP contribution in [0.1, 0.15) is 62.5 Å². The number of unbranched alkanes of at least 4 members (excludes halogenated alkanes) is 1. The number of carbonyl (C=O) groups excluding carboxylic acids is 1. The molecule has 1 fully saturated rings. The number of amides is 1. The lowest BCUT2D eigenvalue weighted by Crippen LogP contribution is -2.48. The molecule has 0 radical (unpaired) electrons. The zero-order chi connectivity index (χ0) is 23.4. The standard InChI is InChI=1S/C22H34N6O4/c1-5-6-11-27-20(23)19(21(30)24-22(27)31)28(16-9-7-8-10-16)18(29)13-26(4)12-17-14(2)25-32-15(17)3/h16H,5-13,23H2,1-4H3,(H,24,30,31). The van der Waals surface area contributed by atoms with Gasteiger partial charge in [-0.2, -0.15) is 0 Å². The number of nitrogens with zero attached hydrogens (tertiary/aromatic N) is 4. The Morgan fingerprint density at radius 3 is 2.56 bits per heavy atom. The van der Waals surface area contributed by atoms with Crippen molar-refractivity contribution in [2.75, 3.05) is 24.2 Å². The summed E-state index contributed by atoms with van der Waals surface area (Å²) in [6, 6.07) is -0.115. The molecule has 10 heteroatoms. The molecule has 3 rings (SSSR count). The number of aromatic nitrogens is 3. The number of aromatic amines is 1. The smallest absolute Gasteiger partial charge is 0.330 e. The molecule has 0 saturated heterocycles. The number of hydrogen-bond donors (Lipinski definition) is 2. The monoisotopic (exact) mass is 446 g/mol. The number of nitrogens with two attached hydrogens (primary N) is 1. The maximum Gasteiger partial charge on any atom is 0.330 e. The first-order valence-corrected chi connectivity index (χ1v) is 11.3. The molecule has 1 amide bonds. The van der Waals surface area contributed by atoms with Crippen molar-refractivity contribution in [1.29, 1.82) is 0 Å². The Hall–Kier alpha value is -2.88. The van der Waals surface area contributed by atoms with Gasteiger partial charge in [0.2, 0.25) is 5.91 Å². The van der Waals surface area contributed by atoms with Gasteiger partial charge in [-0.25, -0.2) is 4.79 Å². The van der Waals surface area contributed by atoms with Gasteiger partial charge in [0, 0.05) is 24.7 Å². The highest BCUT2D eigenvalue weighted by Gasteiger charge is 2.33. The summed E-state index contributed by atoms with van der Waals surface area (Å²) in [4.78, 5) is 44.5. The molecule has 0 spiro atoms. The van der Waals surface area contributed by atoms with Crippen LogP contribution in [0.2, 0.25) is 0 Å². The molecule has 2 aromatic heterocycles. The van der Waals surface area contributed by atoms with Gasteiger partial charge in [0.25, 0.3) is 5.56 Å². The lowest BCUT2D eigenvalue weighted by Gasteiger charge is -2.31. The first kappa shape index (κ1) is 23.8. The predicted molar refractivity (Wildman–Crippen MR) is 123 cm³/mol. The number of hydrogen-bond acceptors (Lipinski definition) is 7. The summed E-state index contributed by atoms with van der Waals surface area (Å²) < 4.78 is 6.58. The summed E-state index contributed by atoms with van der Waals surface area (Å²) in [6.07, 6.45) is 5.18. The van der Waals surface area contributed by atoms with Crippen molar-refractivity contribution in [2.24, 2.45) is 0 Å². The third kappa shape index (κ3) is 4.95. The molecule has 2 heterocycles. The van der Waals surface area contributed by atoms with Crippen molar-refractivity contribution >= 4 is 17.4 Å². The Balaban J connectivity index is 1.93. The minimum atomic E-state index is -0.617. The van der Waals surface area contributed by atoms with E-state index >= 15 is 0 Å². The average Bonchev–Trinajstić information content (AvgIpc) is 3.36. The number of aryl methyl sites for hydroxylation is 2. The van der Waals surface area contributed by atoms with Crippen LogP contribution in [0.4, 0.5) is 11.5 Å². The third-order valence-electron chi connectivity index (χ3n) is 6.16. The zero-order valence-corrected chi connectivity index (χ0v) is 19.4. The van der Waals surface area contributed by atoms with Crippen molar-refractivity contribution in [1.82, 2.24) is 19.6 Å². The first-order valence-electron chi connectivity index (χ1n) is 11.3. The van der Waals surface area contributed by atoms with Crippen molar-refractivity contribution in [3.8, 4) is 0 Å². The molecule has 1 saturated carbocycles. The molecule has 1 aliphatic rings. The second-order valence-electron chi connectivity index (χ2n) is 8.68. The van der Waals surface area contributed by atoms with E-state index in [-0.39, 0.29) is 30.0 Å². The largest absolute Gasteiger partial charge is 0.383 e. The molecule has 2 aromatic rings. The quantitative estimate of drug-likeness (QED) is 0.602. The van der Waals surface area contributed by atoms with E-state index < -0.39 is 11.2 Å². The van der Waals surface area contributed by atoms with Crippen LogP contribution < -0.4 is 21.9 Å². The Morgan fingerprint density at radius 1 is 1.28 bits per heavy atom. The minimum absolute atomic E-state index is 0.0563. The number of likely N-dealkylation sites (N-methyl/N-ethyl adjacent to an activating group) is 1. The van der Waals surface area contributed by atoms with Gasteiger partial charge in [-0.05, 0) is 40.2 Å². The number of anilines is 2. The molecule has 1 aliphatic carbocycles. The molecule has 3 N–H and O–H groups in total. The molecule has 0 unspecified atom stereocenters. The van der Waals surface area contributed by atoms with Crippen LogP contribution in [0.3, 0.4) is 0 Å². The second kappa shape index (κ2) is 10.2. The average molecular weight is 447 g/mol. The van der Waals surface area contributed by atoms with Gasteiger partial charge in [-0.1, -0.05) is 31.3 Å². The van der Waals surface area contributed by atoms with Gasteiger partial charge < -0.3 is 15.2 Å². The van der Waals surface area contributed by atoms with Crippen LogP contribution in [0, 0.1) is 13.8 Å². The third-order valence-corrected chi connectivity index (χ3v) is 6.16. The van der Waals surface area contributed by atoms with Crippen LogP contribution in [-0.2, 0) is 17.9 Å². The van der Waals surface area contributed by atoms with Crippen molar-refractivity contribution in [2.45, 2.75) is 78.4 Å². The van der Waals surface area contributed by atoms with Crippen LogP contribution in [0.25, 0.3) is 0 Å². The molecule has 0 aromatic carbocycles. The van der Waals surface area contributed by atoms with Crippen molar-refractivity contribution < 1.29 is 9.32 Å². The van der Waals surface area contributed by atoms with Gasteiger partial charge in [0.15, 0.2) is 5.69 Å². The summed E-state index contributed by atoms with van der Waals surface area (Å²) in [5, 5.41) is 3.97. The van der Waals surface area contributed by atoms with Gasteiger partial charge in [-0.3, -0.25) is 24.0 Å². The fourth-order valence-corrected chi connectivity index (χ4v) is 4.38. The highest BCUT2D eigenvalue weighted by Crippen LogP contribution is 2.29. The number of nitrogens with one attached hydrogen (secondary N) is 1. The van der Waals surface area contributed by atoms with Crippen LogP contribution in [0.15, 0.2) is 14.1 Å². The Kier molecular flexibility index (Phi) is 7.55. The molecule has 10 nitrogen and oxygen atoms in total. The summed E-state index contributed by atoms with van der Waals surface area (Å²) in [5.74, 6) is 0.558. The molecule has 0 atom stereocenters. The van der Waals surface area contributed by atoms with Crippen molar-refractivity contribution in [3.63, 3.8) is 0 Å². The molecular weight excluding hydrogens is 412 g/mol. The van der Waals surface area contributed by atoms with Crippen LogP contribution in [0.5, 0.6) is 0 Å². The molecule has 0 bridgehead atoms. The van der Waals surface area contributed by atoms with E-state index in [0.29, 0.717) is 13.1 Å². The summed E-state index contributed by atoms with van der Waals surface area (Å²) in [7, 11) is 1.84. The maximum absolute atomic E-state index is 13.5. The molecule has 176 valence electrons. The number of carbonyl (C=O) groups is 1. The number of rotatable bonds is 9. The number of H-pyrrole nitrogens is 1. The highest BCUT2D eigenvalue weighted by molar-refractivity contribution is 5.97. The summed E-state index contributed by atoms with van der Waals surface area (Å²) in [5.41, 5.74) is 6.99. The molecule has 32 heavy (non-hydrogen) atoms. The van der Waals surface area contributed by atoms with E-state index in [2.05, 4.69) is 10.1 Å². The van der Waals surface area contributed by atoms with E-state index in [1.54, 1.807) is 0 Å². The summed E-state index contributed by atoms with van der Waals surface area (Å²) >= 11 is 0. The minimum Gasteiger partial charge on any atom is -0.383 e. The normalized spacial score (nSPS) is 14.4. The lowest BCUT2D eigenvalue weighted by molar-refractivity contribution is -0.120. The Labute approximate surface area is 187 Å². The topological polar surface area (TPSA) is 130 Å². The number of nitrogen functional groups attached to an aromatic ring is 1. The highest BCUT2D eigenvalue weighted by atomic mass is 16.5. The fourth-order valence-electron chi connectivity index (χ4n) is 4.38. The molecular formula is C22H34N6O4.